The SMILES string of the molecule is CCCCCOCC(C)NCCC. The fourth-order valence-corrected chi connectivity index (χ4v) is 1.16. The van der Waals surface area contributed by atoms with Crippen LogP contribution in [0.2, 0.25) is 0 Å². The monoisotopic (exact) mass is 187 g/mol. The van der Waals surface area contributed by atoms with Crippen LogP contribution in [0, 0.1) is 0 Å². The normalized spacial score (nSPS) is 13.2. The fourth-order valence-electron chi connectivity index (χ4n) is 1.16. The Balaban J connectivity index is 3.03. The van der Waals surface area contributed by atoms with Crippen molar-refractivity contribution in [3.8, 4) is 0 Å². The van der Waals surface area contributed by atoms with Crippen LogP contribution < -0.4 is 5.32 Å². The van der Waals surface area contributed by atoms with Crippen molar-refractivity contribution >= 4 is 0 Å². The minimum absolute atomic E-state index is 0.501. The second kappa shape index (κ2) is 10.0. The molecule has 0 spiro atoms. The molecule has 0 rings (SSSR count). The molecule has 13 heavy (non-hydrogen) atoms. The number of nitrogens with one attached hydrogen (secondary N) is 1. The molecule has 0 saturated carbocycles. The molecular weight excluding hydrogens is 162 g/mol. The lowest BCUT2D eigenvalue weighted by molar-refractivity contribution is 0.112. The molecule has 0 fully saturated rings. The topological polar surface area (TPSA) is 21.3 Å². The van der Waals surface area contributed by atoms with Gasteiger partial charge in [-0.15, -0.1) is 0 Å². The van der Waals surface area contributed by atoms with Gasteiger partial charge in [0, 0.05) is 12.6 Å². The number of unbranched alkanes of at least 4 members (excludes halogenated alkanes) is 2. The molecule has 1 unspecified atom stereocenters. The van der Waals surface area contributed by atoms with Crippen LogP contribution in [0.4, 0.5) is 0 Å². The second-order valence-electron chi connectivity index (χ2n) is 3.64. The zero-order valence-electron chi connectivity index (χ0n) is 9.44. The van der Waals surface area contributed by atoms with Crippen molar-refractivity contribution in [2.24, 2.45) is 0 Å². The van der Waals surface area contributed by atoms with E-state index in [1.807, 2.05) is 0 Å². The summed E-state index contributed by atoms with van der Waals surface area (Å²) in [6.45, 7) is 9.44. The van der Waals surface area contributed by atoms with Gasteiger partial charge >= 0.3 is 0 Å². The molecule has 1 N–H and O–H groups in total. The van der Waals surface area contributed by atoms with Gasteiger partial charge in [0.05, 0.1) is 6.61 Å². The summed E-state index contributed by atoms with van der Waals surface area (Å²) in [5.74, 6) is 0. The van der Waals surface area contributed by atoms with E-state index in [1.54, 1.807) is 0 Å². The van der Waals surface area contributed by atoms with E-state index in [0.717, 1.165) is 19.8 Å². The van der Waals surface area contributed by atoms with Gasteiger partial charge in [0.1, 0.15) is 0 Å². The molecule has 0 aromatic heterocycles. The largest absolute Gasteiger partial charge is 0.380 e. The highest BCUT2D eigenvalue weighted by molar-refractivity contribution is 4.57. The van der Waals surface area contributed by atoms with E-state index in [4.69, 9.17) is 4.74 Å². The molecule has 0 radical (unpaired) electrons. The first-order chi connectivity index (χ1) is 6.31. The number of hydrogen-bond acceptors (Lipinski definition) is 2. The van der Waals surface area contributed by atoms with Crippen LogP contribution in [0.25, 0.3) is 0 Å². The molecule has 80 valence electrons. The molecule has 0 amide bonds. The van der Waals surface area contributed by atoms with Gasteiger partial charge in [-0.05, 0) is 26.3 Å². The van der Waals surface area contributed by atoms with E-state index in [1.165, 1.54) is 25.7 Å². The standard InChI is InChI=1S/C11H25NO/c1-4-6-7-9-13-10-11(3)12-8-5-2/h11-12H,4-10H2,1-3H3. The molecular formula is C11H25NO. The molecule has 0 saturated heterocycles. The average Bonchev–Trinajstić information content (AvgIpc) is 2.14. The summed E-state index contributed by atoms with van der Waals surface area (Å²) < 4.78 is 5.53. The number of ether oxygens (including phenoxy) is 1. The quantitative estimate of drug-likeness (QED) is 0.560. The van der Waals surface area contributed by atoms with Crippen molar-refractivity contribution in [3.05, 3.63) is 0 Å². The number of hydrogen-bond donors (Lipinski definition) is 1. The maximum absolute atomic E-state index is 5.53. The lowest BCUT2D eigenvalue weighted by Crippen LogP contribution is -2.31. The van der Waals surface area contributed by atoms with Crippen molar-refractivity contribution in [2.75, 3.05) is 19.8 Å². The third kappa shape index (κ3) is 9.84. The van der Waals surface area contributed by atoms with Crippen LogP contribution in [0.1, 0.15) is 46.5 Å². The van der Waals surface area contributed by atoms with E-state index < -0.39 is 0 Å². The maximum Gasteiger partial charge on any atom is 0.0616 e. The number of rotatable bonds is 9. The fraction of sp³-hybridized carbons (Fsp3) is 1.00. The van der Waals surface area contributed by atoms with Crippen LogP contribution in [0.3, 0.4) is 0 Å². The van der Waals surface area contributed by atoms with E-state index >= 15 is 0 Å². The Morgan fingerprint density at radius 3 is 2.54 bits per heavy atom. The molecule has 0 aliphatic rings. The zero-order valence-corrected chi connectivity index (χ0v) is 9.44. The summed E-state index contributed by atoms with van der Waals surface area (Å²) in [5.41, 5.74) is 0. The Kier molecular flexibility index (Phi) is 9.94. The molecule has 0 aromatic carbocycles. The third-order valence-electron chi connectivity index (χ3n) is 2.00. The van der Waals surface area contributed by atoms with Gasteiger partial charge in [-0.25, -0.2) is 0 Å². The van der Waals surface area contributed by atoms with Crippen LogP contribution in [-0.4, -0.2) is 25.8 Å². The lowest BCUT2D eigenvalue weighted by Gasteiger charge is -2.13. The zero-order chi connectivity index (χ0) is 9.94. The van der Waals surface area contributed by atoms with Crippen molar-refractivity contribution in [3.63, 3.8) is 0 Å². The molecule has 2 heteroatoms. The first-order valence-electron chi connectivity index (χ1n) is 5.62. The van der Waals surface area contributed by atoms with Gasteiger partial charge in [0.2, 0.25) is 0 Å². The molecule has 0 heterocycles. The predicted molar refractivity (Wildman–Crippen MR) is 58.1 cm³/mol. The Bertz CT molecular complexity index is 96.1. The summed E-state index contributed by atoms with van der Waals surface area (Å²) in [5, 5.41) is 3.40. The minimum atomic E-state index is 0.501. The summed E-state index contributed by atoms with van der Waals surface area (Å²) in [7, 11) is 0. The van der Waals surface area contributed by atoms with Crippen molar-refractivity contribution < 1.29 is 4.74 Å². The van der Waals surface area contributed by atoms with Gasteiger partial charge in [0.15, 0.2) is 0 Å². The average molecular weight is 187 g/mol. The highest BCUT2D eigenvalue weighted by atomic mass is 16.5. The van der Waals surface area contributed by atoms with Crippen molar-refractivity contribution in [2.45, 2.75) is 52.5 Å². The second-order valence-corrected chi connectivity index (χ2v) is 3.64. The maximum atomic E-state index is 5.53. The smallest absolute Gasteiger partial charge is 0.0616 e. The Morgan fingerprint density at radius 2 is 1.92 bits per heavy atom. The van der Waals surface area contributed by atoms with Crippen molar-refractivity contribution in [1.29, 1.82) is 0 Å². The minimum Gasteiger partial charge on any atom is -0.380 e. The highest BCUT2D eigenvalue weighted by Crippen LogP contribution is 1.94. The first kappa shape index (κ1) is 12.9. The van der Waals surface area contributed by atoms with E-state index in [9.17, 15) is 0 Å². The van der Waals surface area contributed by atoms with Crippen molar-refractivity contribution in [1.82, 2.24) is 5.32 Å². The van der Waals surface area contributed by atoms with E-state index in [2.05, 4.69) is 26.1 Å². The Morgan fingerprint density at radius 1 is 1.15 bits per heavy atom. The van der Waals surface area contributed by atoms with Gasteiger partial charge in [-0.3, -0.25) is 0 Å². The molecule has 0 aliphatic heterocycles. The van der Waals surface area contributed by atoms with Crippen LogP contribution in [0.5, 0.6) is 0 Å². The van der Waals surface area contributed by atoms with E-state index in [-0.39, 0.29) is 0 Å². The first-order valence-corrected chi connectivity index (χ1v) is 5.62. The molecule has 0 aliphatic carbocycles. The van der Waals surface area contributed by atoms with Crippen LogP contribution in [-0.2, 0) is 4.74 Å². The third-order valence-corrected chi connectivity index (χ3v) is 2.00. The molecule has 1 atom stereocenters. The lowest BCUT2D eigenvalue weighted by atomic mass is 10.3. The predicted octanol–water partition coefficient (Wildman–Crippen LogP) is 2.58. The highest BCUT2D eigenvalue weighted by Gasteiger charge is 1.98. The van der Waals surface area contributed by atoms with Gasteiger partial charge < -0.3 is 10.1 Å². The van der Waals surface area contributed by atoms with Gasteiger partial charge in [-0.2, -0.15) is 0 Å². The van der Waals surface area contributed by atoms with Crippen LogP contribution in [0.15, 0.2) is 0 Å². The summed E-state index contributed by atoms with van der Waals surface area (Å²) in [6, 6.07) is 0.501. The summed E-state index contributed by atoms with van der Waals surface area (Å²) >= 11 is 0. The summed E-state index contributed by atoms with van der Waals surface area (Å²) in [6.07, 6.45) is 4.96. The van der Waals surface area contributed by atoms with Gasteiger partial charge in [0.25, 0.3) is 0 Å². The van der Waals surface area contributed by atoms with Crippen LogP contribution >= 0.6 is 0 Å². The Hall–Kier alpha value is -0.0800. The summed E-state index contributed by atoms with van der Waals surface area (Å²) in [4.78, 5) is 0. The molecule has 2 nitrogen and oxygen atoms in total. The molecule has 0 aromatic rings. The van der Waals surface area contributed by atoms with Gasteiger partial charge in [-0.1, -0.05) is 26.7 Å². The molecule has 0 bridgehead atoms. The Labute approximate surface area is 83.1 Å². The van der Waals surface area contributed by atoms with E-state index in [0.29, 0.717) is 6.04 Å².